The maximum absolute atomic E-state index is 13.2. The summed E-state index contributed by atoms with van der Waals surface area (Å²) in [7, 11) is 0. The second kappa shape index (κ2) is 8.17. The molecule has 10 heteroatoms. The number of hydrogen-bond acceptors (Lipinski definition) is 4. The van der Waals surface area contributed by atoms with Crippen molar-refractivity contribution in [3.8, 4) is 0 Å². The standard InChI is InChI=1S/C16H19F3N4O3/c17-16(18,19)11-4-2-1-3-10(11)9-23-6-5-21-15(26)12(23)7-14(25)22-8-13(20)24/h1-4,12H,5-9H2,(H2,20,24)(H,21,26)(H,22,25). The van der Waals surface area contributed by atoms with Gasteiger partial charge in [0.05, 0.1) is 24.6 Å². The van der Waals surface area contributed by atoms with Crippen LogP contribution >= 0.6 is 0 Å². The van der Waals surface area contributed by atoms with Crippen molar-refractivity contribution in [1.29, 1.82) is 0 Å². The Morgan fingerprint density at radius 2 is 2.00 bits per heavy atom. The van der Waals surface area contributed by atoms with Gasteiger partial charge in [-0.1, -0.05) is 18.2 Å². The molecule has 7 nitrogen and oxygen atoms in total. The van der Waals surface area contributed by atoms with Crippen LogP contribution in [0.3, 0.4) is 0 Å². The number of primary amides is 1. The highest BCUT2D eigenvalue weighted by atomic mass is 19.4. The molecule has 1 aliphatic heterocycles. The zero-order valence-electron chi connectivity index (χ0n) is 13.8. The average molecular weight is 372 g/mol. The fourth-order valence-corrected chi connectivity index (χ4v) is 2.76. The number of carbonyl (C=O) groups excluding carboxylic acids is 3. The number of carbonyl (C=O) groups is 3. The van der Waals surface area contributed by atoms with Gasteiger partial charge in [0.1, 0.15) is 0 Å². The number of hydrogen-bond donors (Lipinski definition) is 3. The zero-order chi connectivity index (χ0) is 19.3. The van der Waals surface area contributed by atoms with E-state index < -0.39 is 35.5 Å². The number of alkyl halides is 3. The minimum atomic E-state index is -4.51. The van der Waals surface area contributed by atoms with Crippen LogP contribution in [0.4, 0.5) is 13.2 Å². The predicted molar refractivity (Wildman–Crippen MR) is 85.5 cm³/mol. The van der Waals surface area contributed by atoms with Gasteiger partial charge in [-0.25, -0.2) is 0 Å². The van der Waals surface area contributed by atoms with Gasteiger partial charge >= 0.3 is 6.18 Å². The van der Waals surface area contributed by atoms with Crippen LogP contribution in [-0.2, 0) is 27.1 Å². The van der Waals surface area contributed by atoms with Crippen molar-refractivity contribution < 1.29 is 27.6 Å². The highest BCUT2D eigenvalue weighted by Crippen LogP contribution is 2.32. The van der Waals surface area contributed by atoms with Gasteiger partial charge < -0.3 is 16.4 Å². The molecule has 4 N–H and O–H groups in total. The molecule has 1 unspecified atom stereocenters. The van der Waals surface area contributed by atoms with Crippen LogP contribution in [0.1, 0.15) is 17.5 Å². The lowest BCUT2D eigenvalue weighted by Gasteiger charge is -2.35. The first-order valence-electron chi connectivity index (χ1n) is 7.90. The monoisotopic (exact) mass is 372 g/mol. The van der Waals surface area contributed by atoms with Gasteiger partial charge in [0.2, 0.25) is 17.7 Å². The van der Waals surface area contributed by atoms with Crippen LogP contribution in [0.15, 0.2) is 24.3 Å². The molecule has 1 fully saturated rings. The third-order valence-corrected chi connectivity index (χ3v) is 3.98. The number of rotatable bonds is 6. The van der Waals surface area contributed by atoms with Crippen molar-refractivity contribution in [2.45, 2.75) is 25.2 Å². The molecule has 1 aliphatic rings. The fourth-order valence-electron chi connectivity index (χ4n) is 2.76. The molecule has 0 aliphatic carbocycles. The van der Waals surface area contributed by atoms with Crippen molar-refractivity contribution in [3.05, 3.63) is 35.4 Å². The van der Waals surface area contributed by atoms with Crippen LogP contribution in [0, 0.1) is 0 Å². The highest BCUT2D eigenvalue weighted by molar-refractivity contribution is 5.90. The Hall–Kier alpha value is -2.62. The molecule has 3 amide bonds. The molecule has 0 aromatic heterocycles. The van der Waals surface area contributed by atoms with Gasteiger partial charge in [-0.15, -0.1) is 0 Å². The second-order valence-corrected chi connectivity index (χ2v) is 5.88. The summed E-state index contributed by atoms with van der Waals surface area (Å²) in [4.78, 5) is 36.2. The van der Waals surface area contributed by atoms with Crippen LogP contribution < -0.4 is 16.4 Å². The minimum Gasteiger partial charge on any atom is -0.368 e. The molecule has 1 atom stereocenters. The molecule has 1 aromatic carbocycles. The summed E-state index contributed by atoms with van der Waals surface area (Å²) in [6.07, 6.45) is -4.80. The highest BCUT2D eigenvalue weighted by Gasteiger charge is 2.36. The lowest BCUT2D eigenvalue weighted by atomic mass is 10.0. The number of amides is 3. The van der Waals surface area contributed by atoms with Crippen molar-refractivity contribution in [1.82, 2.24) is 15.5 Å². The molecule has 26 heavy (non-hydrogen) atoms. The molecular weight excluding hydrogens is 353 g/mol. The Kier molecular flexibility index (Phi) is 6.19. The molecule has 0 bridgehead atoms. The number of nitrogens with two attached hydrogens (primary N) is 1. The number of nitrogens with one attached hydrogen (secondary N) is 2. The maximum Gasteiger partial charge on any atom is 0.416 e. The smallest absolute Gasteiger partial charge is 0.368 e. The Bertz CT molecular complexity index is 694. The summed E-state index contributed by atoms with van der Waals surface area (Å²) in [6, 6.07) is 4.18. The Morgan fingerprint density at radius 1 is 1.31 bits per heavy atom. The molecular formula is C16H19F3N4O3. The predicted octanol–water partition coefficient (Wildman–Crippen LogP) is -0.00260. The van der Waals surface area contributed by atoms with E-state index in [4.69, 9.17) is 5.73 Å². The van der Waals surface area contributed by atoms with E-state index in [0.717, 1.165) is 6.07 Å². The third kappa shape index (κ3) is 5.19. The first-order chi connectivity index (χ1) is 12.2. The van der Waals surface area contributed by atoms with Crippen LogP contribution in [0.2, 0.25) is 0 Å². The second-order valence-electron chi connectivity index (χ2n) is 5.88. The first-order valence-corrected chi connectivity index (χ1v) is 7.90. The molecule has 1 saturated heterocycles. The molecule has 2 rings (SSSR count). The summed E-state index contributed by atoms with van der Waals surface area (Å²) in [5.41, 5.74) is 4.19. The third-order valence-electron chi connectivity index (χ3n) is 3.98. The van der Waals surface area contributed by atoms with Crippen molar-refractivity contribution >= 4 is 17.7 Å². The van der Waals surface area contributed by atoms with Crippen LogP contribution in [-0.4, -0.2) is 48.3 Å². The summed E-state index contributed by atoms with van der Waals surface area (Å²) < 4.78 is 39.5. The van der Waals surface area contributed by atoms with Crippen molar-refractivity contribution in [3.63, 3.8) is 0 Å². The quantitative estimate of drug-likeness (QED) is 0.654. The summed E-state index contributed by atoms with van der Waals surface area (Å²) >= 11 is 0. The van der Waals surface area contributed by atoms with Gasteiger partial charge in [-0.05, 0) is 11.6 Å². The fraction of sp³-hybridized carbons (Fsp3) is 0.438. The number of piperazine rings is 1. The topological polar surface area (TPSA) is 105 Å². The van der Waals surface area contributed by atoms with E-state index >= 15 is 0 Å². The van der Waals surface area contributed by atoms with E-state index in [9.17, 15) is 27.6 Å². The molecule has 0 saturated carbocycles. The molecule has 1 heterocycles. The Morgan fingerprint density at radius 3 is 2.65 bits per heavy atom. The lowest BCUT2D eigenvalue weighted by molar-refractivity contribution is -0.139. The van der Waals surface area contributed by atoms with E-state index in [-0.39, 0.29) is 31.6 Å². The maximum atomic E-state index is 13.2. The lowest BCUT2D eigenvalue weighted by Crippen LogP contribution is -2.56. The van der Waals surface area contributed by atoms with Gasteiger partial charge in [0.25, 0.3) is 0 Å². The summed E-state index contributed by atoms with van der Waals surface area (Å²) in [6.45, 7) is 0.0685. The van der Waals surface area contributed by atoms with Crippen LogP contribution in [0.5, 0.6) is 0 Å². The van der Waals surface area contributed by atoms with Crippen molar-refractivity contribution in [2.75, 3.05) is 19.6 Å². The number of halogens is 3. The molecule has 1 aromatic rings. The van der Waals surface area contributed by atoms with E-state index in [1.54, 1.807) is 0 Å². The van der Waals surface area contributed by atoms with E-state index in [0.29, 0.717) is 6.54 Å². The number of benzene rings is 1. The molecule has 0 spiro atoms. The molecule has 0 radical (unpaired) electrons. The van der Waals surface area contributed by atoms with E-state index in [1.807, 2.05) is 0 Å². The van der Waals surface area contributed by atoms with Gasteiger partial charge in [0, 0.05) is 19.6 Å². The zero-order valence-corrected chi connectivity index (χ0v) is 13.8. The first kappa shape index (κ1) is 19.7. The van der Waals surface area contributed by atoms with Crippen LogP contribution in [0.25, 0.3) is 0 Å². The van der Waals surface area contributed by atoms with Crippen molar-refractivity contribution in [2.24, 2.45) is 5.73 Å². The molecule has 142 valence electrons. The van der Waals surface area contributed by atoms with Gasteiger partial charge in [0.15, 0.2) is 0 Å². The van der Waals surface area contributed by atoms with E-state index in [2.05, 4.69) is 10.6 Å². The largest absolute Gasteiger partial charge is 0.416 e. The SMILES string of the molecule is NC(=O)CNC(=O)CC1C(=O)NCCN1Cc1ccccc1C(F)(F)F. The normalized spacial score (nSPS) is 18.3. The van der Waals surface area contributed by atoms with Gasteiger partial charge in [-0.2, -0.15) is 13.2 Å². The van der Waals surface area contributed by atoms with Gasteiger partial charge in [-0.3, -0.25) is 19.3 Å². The Labute approximate surface area is 147 Å². The Balaban J connectivity index is 2.15. The average Bonchev–Trinajstić information content (AvgIpc) is 2.55. The summed E-state index contributed by atoms with van der Waals surface area (Å²) in [5, 5.41) is 4.86. The van der Waals surface area contributed by atoms with E-state index in [1.165, 1.54) is 23.1 Å². The number of nitrogens with zero attached hydrogens (tertiary/aromatic N) is 1. The summed E-state index contributed by atoms with van der Waals surface area (Å²) in [5.74, 6) is -1.77. The minimum absolute atomic E-state index is 0.0252.